The molecular formula is C11H17O6-. The SMILES string of the molecule is CC(C(=O)[O-])[C@@H]1[C@@H](O)[C@@H](O)[C@H]2OC(C)(C)O[C@H]21. The van der Waals surface area contributed by atoms with Crippen LogP contribution in [0.25, 0.3) is 0 Å². The van der Waals surface area contributed by atoms with Gasteiger partial charge >= 0.3 is 0 Å². The first-order valence-corrected chi connectivity index (χ1v) is 5.67. The maximum absolute atomic E-state index is 10.9. The third-order valence-corrected chi connectivity index (χ3v) is 3.57. The van der Waals surface area contributed by atoms with Crippen molar-refractivity contribution in [2.45, 2.75) is 51.0 Å². The Morgan fingerprint density at radius 1 is 1.24 bits per heavy atom. The monoisotopic (exact) mass is 245 g/mol. The fraction of sp³-hybridized carbons (Fsp3) is 0.909. The van der Waals surface area contributed by atoms with Crippen molar-refractivity contribution in [2.24, 2.45) is 11.8 Å². The summed E-state index contributed by atoms with van der Waals surface area (Å²) in [6.07, 6.45) is -3.61. The summed E-state index contributed by atoms with van der Waals surface area (Å²) in [5, 5.41) is 30.6. The molecule has 2 N–H and O–H groups in total. The molecule has 0 amide bonds. The third kappa shape index (κ3) is 1.95. The van der Waals surface area contributed by atoms with Crippen molar-refractivity contribution in [3.8, 4) is 0 Å². The van der Waals surface area contributed by atoms with Gasteiger partial charge in [0.25, 0.3) is 0 Å². The van der Waals surface area contributed by atoms with Gasteiger partial charge in [-0.25, -0.2) is 0 Å². The van der Waals surface area contributed by atoms with Gasteiger partial charge in [-0.1, -0.05) is 6.92 Å². The minimum Gasteiger partial charge on any atom is -0.550 e. The van der Waals surface area contributed by atoms with Crippen LogP contribution in [0.3, 0.4) is 0 Å². The Labute approximate surface area is 99.1 Å². The van der Waals surface area contributed by atoms with Crippen molar-refractivity contribution in [3.05, 3.63) is 0 Å². The van der Waals surface area contributed by atoms with Crippen molar-refractivity contribution in [2.75, 3.05) is 0 Å². The molecule has 1 aliphatic carbocycles. The van der Waals surface area contributed by atoms with E-state index in [1.54, 1.807) is 13.8 Å². The highest BCUT2D eigenvalue weighted by Gasteiger charge is 2.59. The minimum absolute atomic E-state index is 0.622. The molecule has 1 saturated carbocycles. The van der Waals surface area contributed by atoms with Gasteiger partial charge in [-0.05, 0) is 13.8 Å². The van der Waals surface area contributed by atoms with E-state index >= 15 is 0 Å². The Kier molecular flexibility index (Phi) is 2.94. The van der Waals surface area contributed by atoms with Crippen LogP contribution in [-0.2, 0) is 14.3 Å². The fourth-order valence-corrected chi connectivity index (χ4v) is 2.73. The molecule has 0 aromatic carbocycles. The summed E-state index contributed by atoms with van der Waals surface area (Å²) in [4.78, 5) is 10.9. The van der Waals surface area contributed by atoms with Crippen molar-refractivity contribution < 1.29 is 29.6 Å². The normalized spacial score (nSPS) is 45.6. The van der Waals surface area contributed by atoms with E-state index in [9.17, 15) is 20.1 Å². The lowest BCUT2D eigenvalue weighted by Gasteiger charge is -2.29. The minimum atomic E-state index is -1.27. The summed E-state index contributed by atoms with van der Waals surface area (Å²) in [6, 6.07) is 0. The van der Waals surface area contributed by atoms with Crippen LogP contribution in [0.4, 0.5) is 0 Å². The topological polar surface area (TPSA) is 99.1 Å². The van der Waals surface area contributed by atoms with E-state index in [0.29, 0.717) is 0 Å². The van der Waals surface area contributed by atoms with Gasteiger partial charge < -0.3 is 29.6 Å². The van der Waals surface area contributed by atoms with Gasteiger partial charge in [0.05, 0.1) is 12.2 Å². The second-order valence-corrected chi connectivity index (χ2v) is 5.23. The summed E-state index contributed by atoms with van der Waals surface area (Å²) in [6.45, 7) is 4.81. The molecule has 0 aromatic rings. The molecule has 6 heteroatoms. The fourth-order valence-electron chi connectivity index (χ4n) is 2.73. The molecule has 2 rings (SSSR count). The van der Waals surface area contributed by atoms with Crippen LogP contribution in [0.2, 0.25) is 0 Å². The van der Waals surface area contributed by atoms with Crippen molar-refractivity contribution in [1.29, 1.82) is 0 Å². The highest BCUT2D eigenvalue weighted by molar-refractivity contribution is 5.68. The molecule has 1 aliphatic heterocycles. The number of carboxylic acid groups (broad SMARTS) is 1. The van der Waals surface area contributed by atoms with E-state index in [1.807, 2.05) is 0 Å². The average Bonchev–Trinajstić information content (AvgIpc) is 2.61. The molecule has 17 heavy (non-hydrogen) atoms. The number of hydrogen-bond acceptors (Lipinski definition) is 6. The highest BCUT2D eigenvalue weighted by Crippen LogP contribution is 2.44. The van der Waals surface area contributed by atoms with Gasteiger partial charge in [0, 0.05) is 17.8 Å². The Morgan fingerprint density at radius 2 is 1.76 bits per heavy atom. The van der Waals surface area contributed by atoms with Crippen molar-refractivity contribution in [3.63, 3.8) is 0 Å². The van der Waals surface area contributed by atoms with Crippen LogP contribution in [0.1, 0.15) is 20.8 Å². The number of aliphatic hydroxyl groups is 2. The van der Waals surface area contributed by atoms with E-state index in [-0.39, 0.29) is 0 Å². The van der Waals surface area contributed by atoms with Crippen LogP contribution in [0.15, 0.2) is 0 Å². The quantitative estimate of drug-likeness (QED) is 0.598. The van der Waals surface area contributed by atoms with Gasteiger partial charge in [-0.2, -0.15) is 0 Å². The van der Waals surface area contributed by atoms with E-state index in [1.165, 1.54) is 6.92 Å². The molecule has 1 saturated heterocycles. The number of carbonyl (C=O) groups excluding carboxylic acids is 1. The first-order chi connectivity index (χ1) is 7.74. The highest BCUT2D eigenvalue weighted by atomic mass is 16.8. The lowest BCUT2D eigenvalue weighted by Crippen LogP contribution is -2.43. The molecule has 2 aliphatic rings. The number of ether oxygens (including phenoxy) is 2. The Hall–Kier alpha value is -0.690. The lowest BCUT2D eigenvalue weighted by molar-refractivity contribution is -0.314. The number of rotatable bonds is 2. The molecule has 1 unspecified atom stereocenters. The molecule has 0 aromatic heterocycles. The third-order valence-electron chi connectivity index (χ3n) is 3.57. The summed E-state index contributed by atoms with van der Waals surface area (Å²) in [7, 11) is 0. The first kappa shape index (κ1) is 12.8. The van der Waals surface area contributed by atoms with E-state index in [4.69, 9.17) is 9.47 Å². The predicted molar refractivity (Wildman–Crippen MR) is 53.5 cm³/mol. The van der Waals surface area contributed by atoms with Gasteiger partial charge in [0.15, 0.2) is 5.79 Å². The maximum atomic E-state index is 10.9. The number of aliphatic carboxylic acids is 1. The van der Waals surface area contributed by atoms with Gasteiger partial charge in [0.1, 0.15) is 12.2 Å². The Bertz CT molecular complexity index is 328. The number of carbonyl (C=O) groups is 1. The molecule has 6 nitrogen and oxygen atoms in total. The van der Waals surface area contributed by atoms with E-state index in [2.05, 4.69) is 0 Å². The zero-order chi connectivity index (χ0) is 13.0. The van der Waals surface area contributed by atoms with Crippen LogP contribution in [0.5, 0.6) is 0 Å². The predicted octanol–water partition coefficient (Wildman–Crippen LogP) is -1.76. The largest absolute Gasteiger partial charge is 0.550 e. The van der Waals surface area contributed by atoms with E-state index < -0.39 is 48.0 Å². The van der Waals surface area contributed by atoms with Gasteiger partial charge in [-0.15, -0.1) is 0 Å². The van der Waals surface area contributed by atoms with E-state index in [0.717, 1.165) is 0 Å². The standard InChI is InChI=1S/C11H18O6/c1-4(10(14)15)5-6(12)7(13)9-8(5)16-11(2,3)17-9/h4-9,12-13H,1-3H3,(H,14,15)/p-1/t4?,5-,6-,7-,8+,9-/m1/s1. The van der Waals surface area contributed by atoms with Crippen LogP contribution < -0.4 is 5.11 Å². The van der Waals surface area contributed by atoms with Crippen LogP contribution in [-0.4, -0.2) is 46.4 Å². The number of fused-ring (bicyclic) bond motifs is 1. The number of carboxylic acids is 1. The van der Waals surface area contributed by atoms with Gasteiger partial charge in [-0.3, -0.25) is 0 Å². The molecule has 2 fully saturated rings. The Balaban J connectivity index is 2.25. The second-order valence-electron chi connectivity index (χ2n) is 5.23. The smallest absolute Gasteiger partial charge is 0.163 e. The summed E-state index contributed by atoms with van der Waals surface area (Å²) in [5.74, 6) is -3.77. The number of hydrogen-bond donors (Lipinski definition) is 2. The van der Waals surface area contributed by atoms with Crippen molar-refractivity contribution in [1.82, 2.24) is 0 Å². The van der Waals surface area contributed by atoms with Crippen LogP contribution >= 0.6 is 0 Å². The molecule has 0 spiro atoms. The van der Waals surface area contributed by atoms with Gasteiger partial charge in [0.2, 0.25) is 0 Å². The second kappa shape index (κ2) is 3.91. The molecule has 0 bridgehead atoms. The molecule has 98 valence electrons. The summed E-state index contributed by atoms with van der Waals surface area (Å²) < 4.78 is 11.0. The maximum Gasteiger partial charge on any atom is 0.163 e. The number of aliphatic hydroxyl groups excluding tert-OH is 2. The molecule has 0 radical (unpaired) electrons. The zero-order valence-corrected chi connectivity index (χ0v) is 9.99. The zero-order valence-electron chi connectivity index (χ0n) is 9.99. The molecule has 6 atom stereocenters. The summed E-state index contributed by atoms with van der Waals surface area (Å²) >= 11 is 0. The average molecular weight is 245 g/mol. The van der Waals surface area contributed by atoms with Crippen molar-refractivity contribution >= 4 is 5.97 Å². The Morgan fingerprint density at radius 3 is 2.29 bits per heavy atom. The molecular weight excluding hydrogens is 228 g/mol. The lowest BCUT2D eigenvalue weighted by atomic mass is 9.89. The van der Waals surface area contributed by atoms with Crippen LogP contribution in [0, 0.1) is 11.8 Å². The molecule has 1 heterocycles. The first-order valence-electron chi connectivity index (χ1n) is 5.67. The summed E-state index contributed by atoms with van der Waals surface area (Å²) in [5.41, 5.74) is 0.